The fraction of sp³-hybridized carbons (Fsp3) is 0.240. The third-order valence-electron chi connectivity index (χ3n) is 5.23. The molecule has 0 aliphatic carbocycles. The van der Waals surface area contributed by atoms with Crippen molar-refractivity contribution < 1.29 is 33.8 Å². The molecule has 6 N–H and O–H groups in total. The molecule has 0 spiro atoms. The molecule has 3 aromatic rings. The maximum atomic E-state index is 14.1. The molecule has 38 heavy (non-hydrogen) atoms. The summed E-state index contributed by atoms with van der Waals surface area (Å²) in [6.07, 6.45) is 0. The van der Waals surface area contributed by atoms with E-state index >= 15 is 0 Å². The van der Waals surface area contributed by atoms with Crippen LogP contribution in [0.2, 0.25) is 0 Å². The van der Waals surface area contributed by atoms with Crippen LogP contribution in [0, 0.1) is 0 Å². The van der Waals surface area contributed by atoms with E-state index in [0.717, 1.165) is 4.90 Å². The van der Waals surface area contributed by atoms with Crippen LogP contribution >= 0.6 is 11.5 Å². The quantitative estimate of drug-likeness (QED) is 0.263. The maximum Gasteiger partial charge on any atom is 0.325 e. The molecule has 3 amide bonds. The third-order valence-corrected chi connectivity index (χ3v) is 6.08. The fourth-order valence-corrected chi connectivity index (χ4v) is 4.32. The average molecular weight is 542 g/mol. The van der Waals surface area contributed by atoms with Crippen LogP contribution in [0.15, 0.2) is 48.5 Å². The summed E-state index contributed by atoms with van der Waals surface area (Å²) in [5.41, 5.74) is 11.4. The van der Waals surface area contributed by atoms with E-state index in [9.17, 15) is 24.3 Å². The van der Waals surface area contributed by atoms with Gasteiger partial charge in [0.2, 0.25) is 5.91 Å². The van der Waals surface area contributed by atoms with Crippen LogP contribution in [0.1, 0.15) is 45.6 Å². The summed E-state index contributed by atoms with van der Waals surface area (Å²) in [7, 11) is 0. The number of hydrogen-bond donors (Lipinski definition) is 4. The number of aromatic nitrogens is 1. The number of amides is 3. The minimum absolute atomic E-state index is 0.0650. The molecule has 1 heterocycles. The van der Waals surface area contributed by atoms with Gasteiger partial charge in [-0.2, -0.15) is 4.37 Å². The Hall–Kier alpha value is -4.65. The molecule has 1 aromatic heterocycles. The number of phenolic OH excluding ortho intramolecular Hbond substituents is 1. The van der Waals surface area contributed by atoms with Crippen molar-refractivity contribution in [1.82, 2.24) is 9.69 Å². The predicted octanol–water partition coefficient (Wildman–Crippen LogP) is 2.00. The molecule has 13 heteroatoms. The SMILES string of the molecule is CCOC(=O)CNC(=O)[C@@H](c1ccc(O)cc1)N(C(=O)c1snc(C(N)=O)c1N)c1ccccc1OCC. The van der Waals surface area contributed by atoms with Gasteiger partial charge < -0.3 is 31.4 Å². The fourth-order valence-electron chi connectivity index (χ4n) is 3.58. The topological polar surface area (TPSA) is 187 Å². The molecule has 0 saturated carbocycles. The van der Waals surface area contributed by atoms with Crippen LogP contribution in [-0.4, -0.2) is 52.9 Å². The molecule has 1 atom stereocenters. The van der Waals surface area contributed by atoms with Crippen molar-refractivity contribution in [3.05, 3.63) is 64.7 Å². The summed E-state index contributed by atoms with van der Waals surface area (Å²) in [4.78, 5) is 52.4. The van der Waals surface area contributed by atoms with Gasteiger partial charge >= 0.3 is 5.97 Å². The highest BCUT2D eigenvalue weighted by molar-refractivity contribution is 7.09. The number of anilines is 2. The van der Waals surface area contributed by atoms with Crippen molar-refractivity contribution in [2.24, 2.45) is 5.73 Å². The van der Waals surface area contributed by atoms with Gasteiger partial charge in [0, 0.05) is 0 Å². The summed E-state index contributed by atoms with van der Waals surface area (Å²) < 4.78 is 14.5. The predicted molar refractivity (Wildman–Crippen MR) is 140 cm³/mol. The normalized spacial score (nSPS) is 11.3. The van der Waals surface area contributed by atoms with E-state index in [2.05, 4.69) is 9.69 Å². The van der Waals surface area contributed by atoms with Crippen LogP contribution in [0.5, 0.6) is 11.5 Å². The summed E-state index contributed by atoms with van der Waals surface area (Å²) in [5.74, 6) is -2.88. The van der Waals surface area contributed by atoms with Gasteiger partial charge in [0.15, 0.2) is 5.69 Å². The van der Waals surface area contributed by atoms with Gasteiger partial charge in [-0.1, -0.05) is 24.3 Å². The monoisotopic (exact) mass is 541 g/mol. The van der Waals surface area contributed by atoms with Crippen molar-refractivity contribution in [1.29, 1.82) is 0 Å². The lowest BCUT2D eigenvalue weighted by Gasteiger charge is -2.32. The number of ether oxygens (including phenoxy) is 2. The first kappa shape index (κ1) is 27.9. The molecule has 0 bridgehead atoms. The van der Waals surface area contributed by atoms with Gasteiger partial charge in [-0.15, -0.1) is 0 Å². The van der Waals surface area contributed by atoms with E-state index in [1.807, 2.05) is 0 Å². The number of primary amides is 1. The van der Waals surface area contributed by atoms with Gasteiger partial charge in [-0.3, -0.25) is 24.1 Å². The number of nitrogen functional groups attached to an aromatic ring is 1. The summed E-state index contributed by atoms with van der Waals surface area (Å²) in [6, 6.07) is 10.8. The van der Waals surface area contributed by atoms with E-state index < -0.39 is 36.3 Å². The minimum Gasteiger partial charge on any atom is -0.508 e. The van der Waals surface area contributed by atoms with E-state index in [4.69, 9.17) is 20.9 Å². The van der Waals surface area contributed by atoms with Gasteiger partial charge in [0.25, 0.3) is 11.8 Å². The molecule has 0 saturated heterocycles. The standard InChI is InChI=1S/C25H27N5O7S/c1-3-36-17-8-6-5-7-16(17)30(25(35)22-19(26)20(23(27)33)29-38-22)21(14-9-11-15(31)12-10-14)24(34)28-13-18(32)37-4-2/h5-12,21,31H,3-4,13,26H2,1-2H3,(H2,27,33)(H,28,34)/t21-/m1/s1. The lowest BCUT2D eigenvalue weighted by Crippen LogP contribution is -2.45. The van der Waals surface area contributed by atoms with Crippen LogP contribution in [0.25, 0.3) is 0 Å². The van der Waals surface area contributed by atoms with Crippen LogP contribution in [-0.2, 0) is 14.3 Å². The zero-order valence-electron chi connectivity index (χ0n) is 20.7. The van der Waals surface area contributed by atoms with Crippen LogP contribution in [0.3, 0.4) is 0 Å². The zero-order chi connectivity index (χ0) is 27.8. The smallest absolute Gasteiger partial charge is 0.325 e. The molecule has 0 unspecified atom stereocenters. The lowest BCUT2D eigenvalue weighted by atomic mass is 10.0. The van der Waals surface area contributed by atoms with Crippen molar-refractivity contribution in [3.8, 4) is 11.5 Å². The van der Waals surface area contributed by atoms with E-state index in [-0.39, 0.29) is 46.7 Å². The van der Waals surface area contributed by atoms with E-state index in [1.54, 1.807) is 38.1 Å². The Kier molecular flexibility index (Phi) is 9.22. The number of nitrogens with one attached hydrogen (secondary N) is 1. The average Bonchev–Trinajstić information content (AvgIpc) is 3.28. The Balaban J connectivity index is 2.21. The maximum absolute atomic E-state index is 14.1. The number of carbonyl (C=O) groups is 4. The Morgan fingerprint density at radius 3 is 2.37 bits per heavy atom. The first-order chi connectivity index (χ1) is 18.2. The second kappa shape index (κ2) is 12.5. The summed E-state index contributed by atoms with van der Waals surface area (Å²) in [5, 5.41) is 12.3. The number of carbonyl (C=O) groups excluding carboxylic acids is 4. The molecule has 200 valence electrons. The minimum atomic E-state index is -1.38. The van der Waals surface area contributed by atoms with Crippen molar-refractivity contribution in [2.75, 3.05) is 30.4 Å². The number of rotatable bonds is 11. The Morgan fingerprint density at radius 1 is 1.08 bits per heavy atom. The first-order valence-corrected chi connectivity index (χ1v) is 12.3. The number of nitrogens with two attached hydrogens (primary N) is 2. The number of hydrogen-bond acceptors (Lipinski definition) is 10. The summed E-state index contributed by atoms with van der Waals surface area (Å²) >= 11 is 0.653. The molecular formula is C25H27N5O7S. The van der Waals surface area contributed by atoms with Gasteiger partial charge in [-0.05, 0) is 55.2 Å². The van der Waals surface area contributed by atoms with Crippen LogP contribution < -0.4 is 26.4 Å². The number of benzene rings is 2. The number of phenols is 1. The molecule has 0 radical (unpaired) electrons. The van der Waals surface area contributed by atoms with Gasteiger partial charge in [0.1, 0.15) is 29.0 Å². The van der Waals surface area contributed by atoms with Crippen molar-refractivity contribution >= 4 is 46.6 Å². The van der Waals surface area contributed by atoms with E-state index in [1.165, 1.54) is 24.3 Å². The Morgan fingerprint density at radius 2 is 1.76 bits per heavy atom. The van der Waals surface area contributed by atoms with Gasteiger partial charge in [-0.25, -0.2) is 0 Å². The number of aromatic hydroxyl groups is 1. The molecule has 0 fully saturated rings. The second-order valence-electron chi connectivity index (χ2n) is 7.73. The molecule has 2 aromatic carbocycles. The summed E-state index contributed by atoms with van der Waals surface area (Å²) in [6.45, 7) is 3.31. The number of esters is 1. The van der Waals surface area contributed by atoms with Gasteiger partial charge in [0.05, 0.1) is 24.6 Å². The second-order valence-corrected chi connectivity index (χ2v) is 8.50. The highest BCUT2D eigenvalue weighted by atomic mass is 32.1. The highest BCUT2D eigenvalue weighted by Crippen LogP contribution is 2.38. The number of para-hydroxylation sites is 2. The number of nitrogens with zero attached hydrogens (tertiary/aromatic N) is 2. The molecule has 3 rings (SSSR count). The lowest BCUT2D eigenvalue weighted by molar-refractivity contribution is -0.143. The highest BCUT2D eigenvalue weighted by Gasteiger charge is 2.37. The zero-order valence-corrected chi connectivity index (χ0v) is 21.5. The Bertz CT molecular complexity index is 1330. The molecule has 0 aliphatic rings. The van der Waals surface area contributed by atoms with Crippen LogP contribution in [0.4, 0.5) is 11.4 Å². The molecule has 0 aliphatic heterocycles. The molecular weight excluding hydrogens is 514 g/mol. The largest absolute Gasteiger partial charge is 0.508 e. The van der Waals surface area contributed by atoms with Crippen molar-refractivity contribution in [3.63, 3.8) is 0 Å². The first-order valence-electron chi connectivity index (χ1n) is 11.5. The third kappa shape index (κ3) is 6.18. The van der Waals surface area contributed by atoms with E-state index in [0.29, 0.717) is 17.1 Å². The van der Waals surface area contributed by atoms with Crippen molar-refractivity contribution in [2.45, 2.75) is 19.9 Å². The Labute approximate surface area is 222 Å². The molecule has 12 nitrogen and oxygen atoms in total.